The molecular formula is C30H41N3O2. The van der Waals surface area contributed by atoms with Crippen LogP contribution < -0.4 is 16.0 Å². The Morgan fingerprint density at radius 2 is 1.74 bits per heavy atom. The number of nitrogens with two attached hydrogens (primary N) is 1. The first-order chi connectivity index (χ1) is 16.9. The third-order valence-corrected chi connectivity index (χ3v) is 7.87. The fourth-order valence-electron chi connectivity index (χ4n) is 5.65. The van der Waals surface area contributed by atoms with E-state index in [-0.39, 0.29) is 11.8 Å². The van der Waals surface area contributed by atoms with Crippen LogP contribution in [0, 0.1) is 5.92 Å². The van der Waals surface area contributed by atoms with Gasteiger partial charge in [-0.25, -0.2) is 0 Å². The molecule has 1 unspecified atom stereocenters. The maximum absolute atomic E-state index is 13.9. The van der Waals surface area contributed by atoms with Crippen molar-refractivity contribution in [1.82, 2.24) is 5.32 Å². The van der Waals surface area contributed by atoms with E-state index in [1.807, 2.05) is 23.1 Å². The predicted molar refractivity (Wildman–Crippen MR) is 142 cm³/mol. The van der Waals surface area contributed by atoms with Crippen LogP contribution in [0.2, 0.25) is 0 Å². The molecule has 4 rings (SSSR count). The van der Waals surface area contributed by atoms with E-state index in [2.05, 4.69) is 49.5 Å². The Labute approximate surface area is 210 Å². The number of hydrogen-bond acceptors (Lipinski definition) is 3. The van der Waals surface area contributed by atoms with Gasteiger partial charge in [0, 0.05) is 5.69 Å². The molecule has 3 N–H and O–H groups in total. The maximum atomic E-state index is 13.9. The van der Waals surface area contributed by atoms with Crippen LogP contribution >= 0.6 is 0 Å². The SMILES string of the molecule is CC(C)c1ccc(CN2C(=O)C(N[C@@H](CCC3CCCCC3)C(N)=O)CCc3ccccc32)cc1. The summed E-state index contributed by atoms with van der Waals surface area (Å²) in [4.78, 5) is 28.1. The minimum Gasteiger partial charge on any atom is -0.368 e. The first kappa shape index (κ1) is 25.4. The van der Waals surface area contributed by atoms with Gasteiger partial charge in [-0.05, 0) is 60.3 Å². The number of anilines is 1. The second-order valence-corrected chi connectivity index (χ2v) is 10.7. The van der Waals surface area contributed by atoms with Gasteiger partial charge in [-0.1, -0.05) is 88.4 Å². The lowest BCUT2D eigenvalue weighted by Gasteiger charge is -2.29. The summed E-state index contributed by atoms with van der Waals surface area (Å²) in [5.41, 5.74) is 10.3. The smallest absolute Gasteiger partial charge is 0.244 e. The van der Waals surface area contributed by atoms with Crippen LogP contribution in [0.3, 0.4) is 0 Å². The number of fused-ring (bicyclic) bond motifs is 1. The molecule has 1 fully saturated rings. The van der Waals surface area contributed by atoms with Crippen LogP contribution in [0.25, 0.3) is 0 Å². The van der Waals surface area contributed by atoms with Gasteiger partial charge in [-0.3, -0.25) is 14.9 Å². The van der Waals surface area contributed by atoms with E-state index in [9.17, 15) is 9.59 Å². The topological polar surface area (TPSA) is 75.4 Å². The molecule has 2 aromatic rings. The molecule has 2 aromatic carbocycles. The highest BCUT2D eigenvalue weighted by Gasteiger charge is 2.33. The van der Waals surface area contributed by atoms with Gasteiger partial charge in [0.15, 0.2) is 0 Å². The van der Waals surface area contributed by atoms with Gasteiger partial charge in [0.05, 0.1) is 18.6 Å². The minimum absolute atomic E-state index is 0.0202. The fourth-order valence-corrected chi connectivity index (χ4v) is 5.65. The van der Waals surface area contributed by atoms with E-state index in [0.717, 1.165) is 24.1 Å². The van der Waals surface area contributed by atoms with E-state index in [0.29, 0.717) is 31.2 Å². The van der Waals surface area contributed by atoms with Gasteiger partial charge in [-0.2, -0.15) is 0 Å². The molecule has 188 valence electrons. The van der Waals surface area contributed by atoms with E-state index in [1.54, 1.807) is 0 Å². The lowest BCUT2D eigenvalue weighted by atomic mass is 9.85. The molecule has 2 amide bonds. The average Bonchev–Trinajstić information content (AvgIpc) is 2.99. The van der Waals surface area contributed by atoms with Gasteiger partial charge >= 0.3 is 0 Å². The Morgan fingerprint density at radius 3 is 2.43 bits per heavy atom. The Balaban J connectivity index is 1.51. The van der Waals surface area contributed by atoms with Gasteiger partial charge in [-0.15, -0.1) is 0 Å². The summed E-state index contributed by atoms with van der Waals surface area (Å²) in [5, 5.41) is 3.39. The number of carbonyl (C=O) groups excluding carboxylic acids is 2. The summed E-state index contributed by atoms with van der Waals surface area (Å²) >= 11 is 0. The number of nitrogens with zero attached hydrogens (tertiary/aromatic N) is 1. The van der Waals surface area contributed by atoms with Gasteiger partial charge in [0.1, 0.15) is 0 Å². The first-order valence-corrected chi connectivity index (χ1v) is 13.5. The lowest BCUT2D eigenvalue weighted by Crippen LogP contribution is -2.53. The summed E-state index contributed by atoms with van der Waals surface area (Å²) in [7, 11) is 0. The molecule has 1 aliphatic carbocycles. The molecule has 1 heterocycles. The van der Waals surface area contributed by atoms with Crippen molar-refractivity contribution in [3.05, 3.63) is 65.2 Å². The zero-order chi connectivity index (χ0) is 24.8. The van der Waals surface area contributed by atoms with E-state index in [4.69, 9.17) is 5.73 Å². The number of primary amides is 1. The lowest BCUT2D eigenvalue weighted by molar-refractivity contribution is -0.123. The largest absolute Gasteiger partial charge is 0.368 e. The van der Waals surface area contributed by atoms with Gasteiger partial charge in [0.25, 0.3) is 0 Å². The number of nitrogens with one attached hydrogen (secondary N) is 1. The van der Waals surface area contributed by atoms with Crippen molar-refractivity contribution < 1.29 is 9.59 Å². The Morgan fingerprint density at radius 1 is 1.03 bits per heavy atom. The van der Waals surface area contributed by atoms with E-state index in [1.165, 1.54) is 43.2 Å². The van der Waals surface area contributed by atoms with Crippen molar-refractivity contribution in [1.29, 1.82) is 0 Å². The fraction of sp³-hybridized carbons (Fsp3) is 0.533. The van der Waals surface area contributed by atoms with Crippen LogP contribution in [0.5, 0.6) is 0 Å². The van der Waals surface area contributed by atoms with E-state index < -0.39 is 12.1 Å². The third-order valence-electron chi connectivity index (χ3n) is 7.87. The van der Waals surface area contributed by atoms with Crippen molar-refractivity contribution in [3.63, 3.8) is 0 Å². The van der Waals surface area contributed by atoms with Crippen LogP contribution in [0.1, 0.15) is 87.8 Å². The maximum Gasteiger partial charge on any atom is 0.244 e. The molecule has 5 nitrogen and oxygen atoms in total. The van der Waals surface area contributed by atoms with Gasteiger partial charge < -0.3 is 10.6 Å². The van der Waals surface area contributed by atoms with Crippen LogP contribution in [-0.4, -0.2) is 23.9 Å². The molecule has 0 spiro atoms. The summed E-state index contributed by atoms with van der Waals surface area (Å²) in [6.45, 7) is 4.88. The zero-order valence-corrected chi connectivity index (χ0v) is 21.3. The molecule has 0 bridgehead atoms. The Kier molecular flexibility index (Phi) is 8.61. The number of benzene rings is 2. The van der Waals surface area contributed by atoms with E-state index >= 15 is 0 Å². The molecule has 0 radical (unpaired) electrons. The van der Waals surface area contributed by atoms with Crippen molar-refractivity contribution >= 4 is 17.5 Å². The first-order valence-electron chi connectivity index (χ1n) is 13.5. The highest BCUT2D eigenvalue weighted by atomic mass is 16.2. The summed E-state index contributed by atoms with van der Waals surface area (Å²) < 4.78 is 0. The number of amides is 2. The van der Waals surface area contributed by atoms with Crippen molar-refractivity contribution in [2.75, 3.05) is 4.90 Å². The summed E-state index contributed by atoms with van der Waals surface area (Å²) in [6.07, 6.45) is 9.52. The zero-order valence-electron chi connectivity index (χ0n) is 21.3. The second kappa shape index (κ2) is 11.9. The van der Waals surface area contributed by atoms with Crippen molar-refractivity contribution in [2.24, 2.45) is 11.7 Å². The monoisotopic (exact) mass is 475 g/mol. The molecule has 1 saturated carbocycles. The molecule has 0 aromatic heterocycles. The number of hydrogen-bond donors (Lipinski definition) is 2. The third kappa shape index (κ3) is 6.52. The average molecular weight is 476 g/mol. The van der Waals surface area contributed by atoms with Crippen LogP contribution in [0.4, 0.5) is 5.69 Å². The highest BCUT2D eigenvalue weighted by molar-refractivity contribution is 5.99. The quantitative estimate of drug-likeness (QED) is 0.505. The number of para-hydroxylation sites is 1. The molecule has 2 aliphatic rings. The predicted octanol–water partition coefficient (Wildman–Crippen LogP) is 5.46. The molecule has 2 atom stereocenters. The van der Waals surface area contributed by atoms with Crippen molar-refractivity contribution in [3.8, 4) is 0 Å². The summed E-state index contributed by atoms with van der Waals surface area (Å²) in [5.74, 6) is 0.808. The van der Waals surface area contributed by atoms with Crippen molar-refractivity contribution in [2.45, 2.75) is 96.2 Å². The summed E-state index contributed by atoms with van der Waals surface area (Å²) in [6, 6.07) is 15.8. The Hall–Kier alpha value is -2.66. The molecule has 35 heavy (non-hydrogen) atoms. The number of aryl methyl sites for hydroxylation is 1. The van der Waals surface area contributed by atoms with Crippen LogP contribution in [-0.2, 0) is 22.6 Å². The normalized spacial score (nSPS) is 19.9. The minimum atomic E-state index is -0.473. The molecule has 1 aliphatic heterocycles. The molecular weight excluding hydrogens is 434 g/mol. The number of carbonyl (C=O) groups is 2. The molecule has 5 heteroatoms. The Bertz CT molecular complexity index is 995. The second-order valence-electron chi connectivity index (χ2n) is 10.7. The molecule has 0 saturated heterocycles. The van der Waals surface area contributed by atoms with Gasteiger partial charge in [0.2, 0.25) is 11.8 Å². The highest BCUT2D eigenvalue weighted by Crippen LogP contribution is 2.30. The number of rotatable bonds is 9. The van der Waals surface area contributed by atoms with Crippen LogP contribution in [0.15, 0.2) is 48.5 Å². The standard InChI is InChI=1S/C30H41N3O2/c1-21(2)24-15-12-23(13-16-24)20-33-28-11-7-6-10-25(28)17-19-27(30(33)35)32-26(29(31)34)18-14-22-8-4-3-5-9-22/h6-7,10-13,15-16,21-22,26-27,32H,3-5,8-9,14,17-20H2,1-2H3,(H2,31,34)/t26-,27?/m0/s1.